The van der Waals surface area contributed by atoms with Crippen LogP contribution in [0.15, 0.2) is 36.4 Å². The van der Waals surface area contributed by atoms with Crippen LogP contribution in [0.5, 0.6) is 11.5 Å². The van der Waals surface area contributed by atoms with Gasteiger partial charge in [0.2, 0.25) is 0 Å². The Morgan fingerprint density at radius 2 is 1.60 bits per heavy atom. The molecule has 0 heterocycles. The van der Waals surface area contributed by atoms with E-state index >= 15 is 0 Å². The number of aliphatic hydroxyl groups excluding tert-OH is 1. The van der Waals surface area contributed by atoms with Crippen LogP contribution in [0.2, 0.25) is 5.02 Å². The molecule has 1 atom stereocenters. The maximum Gasteiger partial charge on any atom is 0.162 e. The summed E-state index contributed by atoms with van der Waals surface area (Å²) >= 11 is 6.24. The molecular weight excluding hydrogens is 276 g/mol. The molecule has 106 valence electrons. The monoisotopic (exact) mass is 292 g/mol. The molecule has 2 rings (SSSR count). The maximum absolute atomic E-state index is 10.6. The Morgan fingerprint density at radius 1 is 1.00 bits per heavy atom. The maximum atomic E-state index is 10.6. The second-order valence-electron chi connectivity index (χ2n) is 4.49. The van der Waals surface area contributed by atoms with Crippen LogP contribution in [0.25, 0.3) is 0 Å². The number of hydrogen-bond acceptors (Lipinski definition) is 3. The van der Waals surface area contributed by atoms with Crippen molar-refractivity contribution in [2.75, 3.05) is 14.2 Å². The van der Waals surface area contributed by atoms with E-state index in [0.29, 0.717) is 22.1 Å². The van der Waals surface area contributed by atoms with Crippen LogP contribution in [0.1, 0.15) is 22.8 Å². The number of ether oxygens (including phenoxy) is 2. The predicted octanol–water partition coefficient (Wildman–Crippen LogP) is 3.75. The Morgan fingerprint density at radius 3 is 2.20 bits per heavy atom. The SMILES string of the molecule is COc1cc(Cl)c(C(O)c2ccccc2C)cc1OC. The molecule has 1 N–H and O–H groups in total. The Kier molecular flexibility index (Phi) is 4.53. The molecule has 20 heavy (non-hydrogen) atoms. The van der Waals surface area contributed by atoms with E-state index in [-0.39, 0.29) is 0 Å². The lowest BCUT2D eigenvalue weighted by Crippen LogP contribution is -2.04. The average Bonchev–Trinajstić information content (AvgIpc) is 2.46. The molecule has 0 aliphatic rings. The van der Waals surface area contributed by atoms with Crippen LogP contribution in [0.3, 0.4) is 0 Å². The van der Waals surface area contributed by atoms with Gasteiger partial charge in [-0.2, -0.15) is 0 Å². The molecule has 2 aromatic rings. The molecule has 0 bridgehead atoms. The highest BCUT2D eigenvalue weighted by Crippen LogP contribution is 2.38. The van der Waals surface area contributed by atoms with E-state index in [9.17, 15) is 5.11 Å². The van der Waals surface area contributed by atoms with Crippen LogP contribution in [-0.2, 0) is 0 Å². The number of aliphatic hydroxyl groups is 1. The highest BCUT2D eigenvalue weighted by molar-refractivity contribution is 6.31. The summed E-state index contributed by atoms with van der Waals surface area (Å²) < 4.78 is 10.4. The highest BCUT2D eigenvalue weighted by Gasteiger charge is 2.19. The Hall–Kier alpha value is -1.71. The lowest BCUT2D eigenvalue weighted by Gasteiger charge is -2.18. The molecule has 0 saturated carbocycles. The average molecular weight is 293 g/mol. The van der Waals surface area contributed by atoms with Gasteiger partial charge in [0.15, 0.2) is 11.5 Å². The molecule has 0 aromatic heterocycles. The van der Waals surface area contributed by atoms with Gasteiger partial charge in [0, 0.05) is 11.6 Å². The minimum absolute atomic E-state index is 0.443. The van der Waals surface area contributed by atoms with Crippen molar-refractivity contribution in [3.8, 4) is 11.5 Å². The molecule has 0 saturated heterocycles. The third-order valence-electron chi connectivity index (χ3n) is 3.28. The van der Waals surface area contributed by atoms with Gasteiger partial charge in [-0.15, -0.1) is 0 Å². The lowest BCUT2D eigenvalue weighted by atomic mass is 9.97. The topological polar surface area (TPSA) is 38.7 Å². The molecule has 1 unspecified atom stereocenters. The highest BCUT2D eigenvalue weighted by atomic mass is 35.5. The summed E-state index contributed by atoms with van der Waals surface area (Å²) in [6.45, 7) is 1.95. The van der Waals surface area contributed by atoms with Crippen molar-refractivity contribution in [1.29, 1.82) is 0 Å². The zero-order chi connectivity index (χ0) is 14.7. The largest absolute Gasteiger partial charge is 0.493 e. The van der Waals surface area contributed by atoms with E-state index in [2.05, 4.69) is 0 Å². The van der Waals surface area contributed by atoms with E-state index in [1.54, 1.807) is 26.4 Å². The molecule has 0 aliphatic carbocycles. The van der Waals surface area contributed by atoms with Gasteiger partial charge in [-0.25, -0.2) is 0 Å². The Balaban J connectivity index is 2.50. The standard InChI is InChI=1S/C16H17ClO3/c1-10-6-4-5-7-11(10)16(18)12-8-14(19-2)15(20-3)9-13(12)17/h4-9,16,18H,1-3H3. The molecule has 0 radical (unpaired) electrons. The van der Waals surface area contributed by atoms with Gasteiger partial charge in [0.1, 0.15) is 6.10 Å². The number of hydrogen-bond donors (Lipinski definition) is 1. The molecule has 0 amide bonds. The molecule has 3 nitrogen and oxygen atoms in total. The number of halogens is 1. The summed E-state index contributed by atoms with van der Waals surface area (Å²) in [6, 6.07) is 11.0. The summed E-state index contributed by atoms with van der Waals surface area (Å²) in [6.07, 6.45) is -0.802. The van der Waals surface area contributed by atoms with Crippen molar-refractivity contribution >= 4 is 11.6 Å². The fourth-order valence-corrected chi connectivity index (χ4v) is 2.40. The number of aryl methyl sites for hydroxylation is 1. The van der Waals surface area contributed by atoms with E-state index in [0.717, 1.165) is 11.1 Å². The lowest BCUT2D eigenvalue weighted by molar-refractivity contribution is 0.219. The zero-order valence-electron chi connectivity index (χ0n) is 11.7. The van der Waals surface area contributed by atoms with E-state index in [1.165, 1.54) is 0 Å². The third kappa shape index (κ3) is 2.74. The minimum atomic E-state index is -0.802. The first-order chi connectivity index (χ1) is 9.58. The summed E-state index contributed by atoms with van der Waals surface area (Å²) in [5.74, 6) is 1.08. The smallest absolute Gasteiger partial charge is 0.162 e. The second-order valence-corrected chi connectivity index (χ2v) is 4.90. The molecule has 4 heteroatoms. The van der Waals surface area contributed by atoms with E-state index in [4.69, 9.17) is 21.1 Å². The molecule has 2 aromatic carbocycles. The fraction of sp³-hybridized carbons (Fsp3) is 0.250. The Labute approximate surface area is 123 Å². The van der Waals surface area contributed by atoms with Crippen LogP contribution in [0.4, 0.5) is 0 Å². The van der Waals surface area contributed by atoms with Gasteiger partial charge in [-0.05, 0) is 24.1 Å². The Bertz CT molecular complexity index is 611. The van der Waals surface area contributed by atoms with Crippen LogP contribution in [-0.4, -0.2) is 19.3 Å². The second kappa shape index (κ2) is 6.16. The van der Waals surface area contributed by atoms with Crippen molar-refractivity contribution in [1.82, 2.24) is 0 Å². The first-order valence-corrected chi connectivity index (χ1v) is 6.61. The van der Waals surface area contributed by atoms with Crippen molar-refractivity contribution < 1.29 is 14.6 Å². The van der Waals surface area contributed by atoms with Crippen molar-refractivity contribution in [3.05, 3.63) is 58.1 Å². The van der Waals surface area contributed by atoms with Crippen molar-refractivity contribution in [2.24, 2.45) is 0 Å². The van der Waals surface area contributed by atoms with Gasteiger partial charge < -0.3 is 14.6 Å². The summed E-state index contributed by atoms with van der Waals surface area (Å²) in [7, 11) is 3.10. The predicted molar refractivity (Wildman–Crippen MR) is 79.8 cm³/mol. The van der Waals surface area contributed by atoms with E-state index in [1.807, 2.05) is 31.2 Å². The van der Waals surface area contributed by atoms with Crippen molar-refractivity contribution in [2.45, 2.75) is 13.0 Å². The summed E-state index contributed by atoms with van der Waals surface area (Å²) in [4.78, 5) is 0. The summed E-state index contributed by atoms with van der Waals surface area (Å²) in [5, 5.41) is 11.0. The van der Waals surface area contributed by atoms with Crippen LogP contribution in [0, 0.1) is 6.92 Å². The number of methoxy groups -OCH3 is 2. The molecule has 0 fully saturated rings. The molecule has 0 spiro atoms. The number of rotatable bonds is 4. The molecule has 0 aliphatic heterocycles. The normalized spacial score (nSPS) is 12.1. The molecular formula is C16H17ClO3. The zero-order valence-corrected chi connectivity index (χ0v) is 12.4. The van der Waals surface area contributed by atoms with Gasteiger partial charge in [-0.3, -0.25) is 0 Å². The van der Waals surface area contributed by atoms with Gasteiger partial charge in [0.05, 0.1) is 19.2 Å². The van der Waals surface area contributed by atoms with E-state index < -0.39 is 6.10 Å². The quantitative estimate of drug-likeness (QED) is 0.933. The van der Waals surface area contributed by atoms with Gasteiger partial charge >= 0.3 is 0 Å². The number of benzene rings is 2. The van der Waals surface area contributed by atoms with Crippen LogP contribution < -0.4 is 9.47 Å². The van der Waals surface area contributed by atoms with Crippen LogP contribution >= 0.6 is 11.6 Å². The summed E-state index contributed by atoms with van der Waals surface area (Å²) in [5.41, 5.74) is 2.42. The van der Waals surface area contributed by atoms with Gasteiger partial charge in [-0.1, -0.05) is 35.9 Å². The first kappa shape index (κ1) is 14.7. The van der Waals surface area contributed by atoms with Crippen molar-refractivity contribution in [3.63, 3.8) is 0 Å². The first-order valence-electron chi connectivity index (χ1n) is 6.23. The van der Waals surface area contributed by atoms with Gasteiger partial charge in [0.25, 0.3) is 0 Å². The third-order valence-corrected chi connectivity index (χ3v) is 3.61. The minimum Gasteiger partial charge on any atom is -0.493 e. The fourth-order valence-electron chi connectivity index (χ4n) is 2.14.